The molecule has 0 radical (unpaired) electrons. The lowest BCUT2D eigenvalue weighted by Crippen LogP contribution is -2.58. The van der Waals surface area contributed by atoms with Crippen LogP contribution in [0, 0.1) is 0 Å². The number of carbonyl (C=O) groups is 1. The third-order valence-electron chi connectivity index (χ3n) is 2.84. The maximum absolute atomic E-state index is 10.8. The van der Waals surface area contributed by atoms with E-state index in [9.17, 15) is 20.1 Å². The van der Waals surface area contributed by atoms with Crippen LogP contribution in [0.25, 0.3) is 0 Å². The van der Waals surface area contributed by atoms with Gasteiger partial charge in [-0.15, -0.1) is 0 Å². The van der Waals surface area contributed by atoms with Crippen LogP contribution in [0.3, 0.4) is 0 Å². The molecule has 0 aliphatic carbocycles. The van der Waals surface area contributed by atoms with E-state index in [-0.39, 0.29) is 12.2 Å². The molecule has 98 valence electrons. The van der Waals surface area contributed by atoms with E-state index in [1.54, 1.807) is 0 Å². The third-order valence-corrected chi connectivity index (χ3v) is 2.84. The molecule has 2 heterocycles. The fourth-order valence-electron chi connectivity index (χ4n) is 1.83. The molecule has 4 atom stereocenters. The van der Waals surface area contributed by atoms with Gasteiger partial charge in [-0.3, -0.25) is 0 Å². The molecule has 1 aromatic heterocycles. The van der Waals surface area contributed by atoms with Gasteiger partial charge in [0.1, 0.15) is 17.8 Å². The molecule has 0 spiro atoms. The first-order chi connectivity index (χ1) is 8.50. The fourth-order valence-corrected chi connectivity index (χ4v) is 1.83. The van der Waals surface area contributed by atoms with Crippen LogP contribution in [0.4, 0.5) is 0 Å². The zero-order valence-electron chi connectivity index (χ0n) is 9.38. The van der Waals surface area contributed by atoms with Gasteiger partial charge in [0.25, 0.3) is 6.23 Å². The van der Waals surface area contributed by atoms with E-state index in [0.29, 0.717) is 0 Å². The summed E-state index contributed by atoms with van der Waals surface area (Å²) in [5, 5.41) is 37.5. The third kappa shape index (κ3) is 2.34. The molecule has 7 nitrogen and oxygen atoms in total. The number of ether oxygens (including phenoxy) is 1. The second-order valence-corrected chi connectivity index (χ2v) is 4.12. The Morgan fingerprint density at radius 2 is 2.06 bits per heavy atom. The summed E-state index contributed by atoms with van der Waals surface area (Å²) in [6, 6.07) is 2.90. The lowest BCUT2D eigenvalue weighted by Gasteiger charge is -2.31. The van der Waals surface area contributed by atoms with Crippen LogP contribution in [-0.4, -0.2) is 51.3 Å². The Labute approximate surface area is 102 Å². The molecule has 1 saturated heterocycles. The first kappa shape index (κ1) is 12.9. The van der Waals surface area contributed by atoms with E-state index in [4.69, 9.17) is 9.84 Å². The highest BCUT2D eigenvalue weighted by Gasteiger charge is 2.43. The van der Waals surface area contributed by atoms with Crippen LogP contribution in [0.15, 0.2) is 24.5 Å². The Kier molecular flexibility index (Phi) is 3.58. The van der Waals surface area contributed by atoms with Gasteiger partial charge < -0.3 is 25.2 Å². The van der Waals surface area contributed by atoms with Gasteiger partial charge in [-0.2, -0.15) is 4.57 Å². The molecule has 0 bridgehead atoms. The van der Waals surface area contributed by atoms with E-state index in [1.807, 2.05) is 0 Å². The van der Waals surface area contributed by atoms with Crippen molar-refractivity contribution < 1.29 is 34.5 Å². The Morgan fingerprint density at radius 1 is 1.33 bits per heavy atom. The molecular formula is C11H14NO6+. The predicted molar refractivity (Wildman–Crippen MR) is 56.6 cm³/mol. The highest BCUT2D eigenvalue weighted by molar-refractivity contribution is 5.86. The molecule has 0 amide bonds. The predicted octanol–water partition coefficient (Wildman–Crippen LogP) is -1.72. The minimum atomic E-state index is -1.33. The zero-order chi connectivity index (χ0) is 13.3. The van der Waals surface area contributed by atoms with E-state index in [2.05, 4.69) is 0 Å². The Balaban J connectivity index is 2.26. The number of carboxylic acid groups (broad SMARTS) is 1. The van der Waals surface area contributed by atoms with E-state index in [1.165, 1.54) is 29.1 Å². The van der Waals surface area contributed by atoms with Gasteiger partial charge in [0, 0.05) is 6.07 Å². The first-order valence-corrected chi connectivity index (χ1v) is 5.40. The summed E-state index contributed by atoms with van der Waals surface area (Å²) < 4.78 is 6.55. The average Bonchev–Trinajstić information content (AvgIpc) is 2.36. The zero-order valence-corrected chi connectivity index (χ0v) is 9.38. The quantitative estimate of drug-likeness (QED) is 0.469. The number of rotatable bonds is 2. The molecule has 4 N–H and O–H groups in total. The number of aliphatic hydroxyl groups excluding tert-OH is 3. The molecular weight excluding hydrogens is 242 g/mol. The van der Waals surface area contributed by atoms with Crippen LogP contribution in [0.1, 0.15) is 16.6 Å². The normalized spacial score (nSPS) is 32.2. The molecule has 7 heteroatoms. The van der Waals surface area contributed by atoms with Crippen molar-refractivity contribution in [3.05, 3.63) is 30.1 Å². The first-order valence-electron chi connectivity index (χ1n) is 5.40. The molecule has 1 aliphatic heterocycles. The summed E-state index contributed by atoms with van der Waals surface area (Å²) in [5.74, 6) is -1.10. The summed E-state index contributed by atoms with van der Waals surface area (Å²) in [7, 11) is 0. The van der Waals surface area contributed by atoms with Crippen molar-refractivity contribution in [1.82, 2.24) is 0 Å². The van der Waals surface area contributed by atoms with Crippen molar-refractivity contribution in [2.24, 2.45) is 0 Å². The van der Waals surface area contributed by atoms with Gasteiger partial charge in [-0.05, 0) is 6.07 Å². The van der Waals surface area contributed by atoms with Crippen LogP contribution in [0.2, 0.25) is 0 Å². The minimum absolute atomic E-state index is 0.0360. The topological polar surface area (TPSA) is 111 Å². The second-order valence-electron chi connectivity index (χ2n) is 4.12. The standard InChI is InChI=1S/C11H13NO6/c13-7-5-18-10(9(15)8(7)14)12-3-1-2-6(4-12)11(16)17/h1-4,7-10,13-15H,5H2/p+1/t7-,8-,9+,10+/m0/s1. The SMILES string of the molecule is O=C(O)c1ccc[n+]([C@@H]2OC[C@H](O)[C@H](O)[C@H]2O)c1. The number of pyridine rings is 1. The van der Waals surface area contributed by atoms with Crippen LogP contribution in [0.5, 0.6) is 0 Å². The van der Waals surface area contributed by atoms with Crippen LogP contribution < -0.4 is 4.57 Å². The fraction of sp³-hybridized carbons (Fsp3) is 0.455. The van der Waals surface area contributed by atoms with Crippen molar-refractivity contribution in [2.45, 2.75) is 24.5 Å². The van der Waals surface area contributed by atoms with Crippen LogP contribution >= 0.6 is 0 Å². The Hall–Kier alpha value is -1.54. The summed E-state index contributed by atoms with van der Waals surface area (Å²) in [6.07, 6.45) is -1.93. The smallest absolute Gasteiger partial charge is 0.341 e. The summed E-state index contributed by atoms with van der Waals surface area (Å²) in [6.45, 7) is -0.132. The largest absolute Gasteiger partial charge is 0.477 e. The van der Waals surface area contributed by atoms with Crippen molar-refractivity contribution in [1.29, 1.82) is 0 Å². The number of hydrogen-bond acceptors (Lipinski definition) is 5. The lowest BCUT2D eigenvalue weighted by atomic mass is 10.0. The number of aromatic carboxylic acids is 1. The maximum atomic E-state index is 10.8. The number of hydrogen-bond donors (Lipinski definition) is 4. The maximum Gasteiger partial charge on any atom is 0.341 e. The van der Waals surface area contributed by atoms with Crippen molar-refractivity contribution in [3.8, 4) is 0 Å². The summed E-state index contributed by atoms with van der Waals surface area (Å²) in [5.41, 5.74) is 0.0360. The highest BCUT2D eigenvalue weighted by Crippen LogP contribution is 2.19. The monoisotopic (exact) mass is 256 g/mol. The van der Waals surface area contributed by atoms with Crippen LogP contribution in [-0.2, 0) is 4.74 Å². The molecule has 18 heavy (non-hydrogen) atoms. The van der Waals surface area contributed by atoms with Gasteiger partial charge >= 0.3 is 5.97 Å². The van der Waals surface area contributed by atoms with Gasteiger partial charge in [0.15, 0.2) is 18.5 Å². The van der Waals surface area contributed by atoms with E-state index < -0.39 is 30.5 Å². The molecule has 1 aromatic rings. The molecule has 1 fully saturated rings. The lowest BCUT2D eigenvalue weighted by molar-refractivity contribution is -0.775. The number of carboxylic acids is 1. The van der Waals surface area contributed by atoms with Gasteiger partial charge in [0.2, 0.25) is 0 Å². The van der Waals surface area contributed by atoms with Crippen molar-refractivity contribution in [3.63, 3.8) is 0 Å². The summed E-state index contributed by atoms with van der Waals surface area (Å²) >= 11 is 0. The average molecular weight is 256 g/mol. The molecule has 0 unspecified atom stereocenters. The summed E-state index contributed by atoms with van der Waals surface area (Å²) in [4.78, 5) is 10.8. The molecule has 0 aromatic carbocycles. The number of aromatic nitrogens is 1. The van der Waals surface area contributed by atoms with Crippen molar-refractivity contribution in [2.75, 3.05) is 6.61 Å². The molecule has 0 saturated carbocycles. The van der Waals surface area contributed by atoms with Gasteiger partial charge in [-0.25, -0.2) is 4.79 Å². The minimum Gasteiger partial charge on any atom is -0.477 e. The Bertz CT molecular complexity index is 451. The van der Waals surface area contributed by atoms with E-state index >= 15 is 0 Å². The molecule has 2 rings (SSSR count). The number of aliphatic hydroxyl groups is 3. The molecule has 1 aliphatic rings. The van der Waals surface area contributed by atoms with Gasteiger partial charge in [0.05, 0.1) is 6.61 Å². The van der Waals surface area contributed by atoms with E-state index in [0.717, 1.165) is 0 Å². The van der Waals surface area contributed by atoms with Gasteiger partial charge in [-0.1, -0.05) is 0 Å². The highest BCUT2D eigenvalue weighted by atomic mass is 16.5. The Morgan fingerprint density at radius 3 is 2.72 bits per heavy atom. The second kappa shape index (κ2) is 4.99. The number of nitrogens with zero attached hydrogens (tertiary/aromatic N) is 1. The van der Waals surface area contributed by atoms with Crippen molar-refractivity contribution >= 4 is 5.97 Å².